The Morgan fingerprint density at radius 3 is 2.78 bits per heavy atom. The lowest BCUT2D eigenvalue weighted by atomic mass is 10.1. The molecule has 2 aromatic rings. The molecule has 2 N–H and O–H groups in total. The first-order valence-corrected chi connectivity index (χ1v) is 10.8. The van der Waals surface area contributed by atoms with Gasteiger partial charge < -0.3 is 15.4 Å². The molecule has 7 nitrogen and oxygen atoms in total. The summed E-state index contributed by atoms with van der Waals surface area (Å²) in [5.74, 6) is 0.946. The minimum atomic E-state index is -3.32. The number of hydrogen-bond acceptors (Lipinski definition) is 7. The summed E-state index contributed by atoms with van der Waals surface area (Å²) in [5, 5.41) is 0.392. The van der Waals surface area contributed by atoms with Gasteiger partial charge in [-0.3, -0.25) is 0 Å². The van der Waals surface area contributed by atoms with Crippen molar-refractivity contribution in [3.63, 3.8) is 0 Å². The molecule has 0 bridgehead atoms. The Bertz CT molecular complexity index is 916. The SMILES string of the molecule is CCS(=O)(=O)c1ccc(C2COCCCN2c2cc(C)nc(N)n2)c(Cl)c1. The zero-order chi connectivity index (χ0) is 19.6. The number of anilines is 2. The van der Waals surface area contributed by atoms with Crippen molar-refractivity contribution in [2.24, 2.45) is 0 Å². The monoisotopic (exact) mass is 410 g/mol. The summed E-state index contributed by atoms with van der Waals surface area (Å²) in [6.45, 7) is 5.24. The topological polar surface area (TPSA) is 98.4 Å². The number of sulfone groups is 1. The van der Waals surface area contributed by atoms with Gasteiger partial charge in [0.05, 0.1) is 23.3 Å². The number of aromatic nitrogens is 2. The molecule has 146 valence electrons. The van der Waals surface area contributed by atoms with Crippen LogP contribution in [0.4, 0.5) is 11.8 Å². The average Bonchev–Trinajstić information content (AvgIpc) is 2.86. The number of rotatable bonds is 4. The highest BCUT2D eigenvalue weighted by molar-refractivity contribution is 7.91. The molecule has 1 aromatic heterocycles. The highest BCUT2D eigenvalue weighted by Gasteiger charge is 2.27. The molecule has 1 atom stereocenters. The highest BCUT2D eigenvalue weighted by Crippen LogP contribution is 2.34. The molecule has 1 aliphatic heterocycles. The normalized spacial score (nSPS) is 18.3. The second-order valence-corrected chi connectivity index (χ2v) is 9.14. The summed E-state index contributed by atoms with van der Waals surface area (Å²) < 4.78 is 30.0. The second kappa shape index (κ2) is 8.00. The van der Waals surface area contributed by atoms with E-state index < -0.39 is 9.84 Å². The summed E-state index contributed by atoms with van der Waals surface area (Å²) in [7, 11) is -3.32. The van der Waals surface area contributed by atoms with E-state index in [1.54, 1.807) is 19.1 Å². The summed E-state index contributed by atoms with van der Waals surface area (Å²) >= 11 is 6.49. The van der Waals surface area contributed by atoms with Crippen LogP contribution in [0.5, 0.6) is 0 Å². The van der Waals surface area contributed by atoms with E-state index in [1.165, 1.54) is 6.07 Å². The summed E-state index contributed by atoms with van der Waals surface area (Å²) in [6.07, 6.45) is 0.833. The first kappa shape index (κ1) is 19.9. The number of nitrogen functional groups attached to an aromatic ring is 1. The van der Waals surface area contributed by atoms with Crippen LogP contribution in [0.1, 0.15) is 30.6 Å². The van der Waals surface area contributed by atoms with Gasteiger partial charge in [-0.25, -0.2) is 13.4 Å². The van der Waals surface area contributed by atoms with Gasteiger partial charge in [-0.2, -0.15) is 4.98 Å². The molecule has 1 aromatic carbocycles. The van der Waals surface area contributed by atoms with Crippen LogP contribution in [-0.4, -0.2) is 43.9 Å². The number of ether oxygens (including phenoxy) is 1. The Morgan fingerprint density at radius 1 is 1.33 bits per heavy atom. The molecule has 0 radical (unpaired) electrons. The lowest BCUT2D eigenvalue weighted by Crippen LogP contribution is -2.32. The van der Waals surface area contributed by atoms with Gasteiger partial charge in [-0.15, -0.1) is 0 Å². The van der Waals surface area contributed by atoms with Crippen molar-refractivity contribution in [3.05, 3.63) is 40.5 Å². The first-order chi connectivity index (χ1) is 12.8. The van der Waals surface area contributed by atoms with Crippen LogP contribution < -0.4 is 10.6 Å². The summed E-state index contributed by atoms with van der Waals surface area (Å²) in [6, 6.07) is 6.54. The molecule has 1 aliphatic rings. The quantitative estimate of drug-likeness (QED) is 0.827. The fourth-order valence-corrected chi connectivity index (χ4v) is 4.45. The van der Waals surface area contributed by atoms with E-state index in [1.807, 2.05) is 13.0 Å². The molecule has 0 aliphatic carbocycles. The molecule has 1 unspecified atom stereocenters. The van der Waals surface area contributed by atoms with E-state index in [0.717, 1.165) is 17.7 Å². The second-order valence-electron chi connectivity index (χ2n) is 6.45. The van der Waals surface area contributed by atoms with Crippen molar-refractivity contribution < 1.29 is 13.2 Å². The van der Waals surface area contributed by atoms with Crippen molar-refractivity contribution >= 4 is 33.2 Å². The third kappa shape index (κ3) is 4.34. The van der Waals surface area contributed by atoms with E-state index in [-0.39, 0.29) is 22.6 Å². The molecule has 0 spiro atoms. The maximum atomic E-state index is 12.1. The van der Waals surface area contributed by atoms with Gasteiger partial charge in [0.1, 0.15) is 5.82 Å². The maximum absolute atomic E-state index is 12.1. The van der Waals surface area contributed by atoms with E-state index in [2.05, 4.69) is 14.9 Å². The number of aryl methyl sites for hydroxylation is 1. The predicted octanol–water partition coefficient (Wildman–Crippen LogP) is 2.78. The molecule has 2 heterocycles. The number of hydrogen-bond donors (Lipinski definition) is 1. The van der Waals surface area contributed by atoms with Crippen LogP contribution in [0, 0.1) is 6.92 Å². The van der Waals surface area contributed by atoms with Crippen LogP contribution in [0.3, 0.4) is 0 Å². The molecule has 9 heteroatoms. The summed E-state index contributed by atoms with van der Waals surface area (Å²) in [4.78, 5) is 10.8. The van der Waals surface area contributed by atoms with Gasteiger partial charge in [0, 0.05) is 29.9 Å². The smallest absolute Gasteiger partial charge is 0.222 e. The van der Waals surface area contributed by atoms with E-state index in [0.29, 0.717) is 30.6 Å². The molecular weight excluding hydrogens is 388 g/mol. The zero-order valence-electron chi connectivity index (χ0n) is 15.4. The minimum Gasteiger partial charge on any atom is -0.379 e. The molecule has 0 saturated carbocycles. The Morgan fingerprint density at radius 2 is 2.11 bits per heavy atom. The van der Waals surface area contributed by atoms with Crippen LogP contribution in [0.2, 0.25) is 5.02 Å². The predicted molar refractivity (Wildman–Crippen MR) is 106 cm³/mol. The van der Waals surface area contributed by atoms with E-state index in [9.17, 15) is 8.42 Å². The Balaban J connectivity index is 2.03. The third-order valence-electron chi connectivity index (χ3n) is 4.56. The lowest BCUT2D eigenvalue weighted by molar-refractivity contribution is 0.134. The van der Waals surface area contributed by atoms with Gasteiger partial charge >= 0.3 is 0 Å². The minimum absolute atomic E-state index is 0.0286. The van der Waals surface area contributed by atoms with Crippen LogP contribution >= 0.6 is 11.6 Å². The Kier molecular flexibility index (Phi) is 5.88. The maximum Gasteiger partial charge on any atom is 0.222 e. The standard InChI is InChI=1S/C18H23ClN4O3S/c1-3-27(24,25)13-5-6-14(15(19)10-13)16-11-26-8-4-7-23(16)17-9-12(2)21-18(20)22-17/h5-6,9-10,16H,3-4,7-8,11H2,1-2H3,(H2,20,21,22). The van der Waals surface area contributed by atoms with Crippen LogP contribution in [0.15, 0.2) is 29.2 Å². The van der Waals surface area contributed by atoms with Crippen molar-refractivity contribution in [3.8, 4) is 0 Å². The van der Waals surface area contributed by atoms with Gasteiger partial charge in [-0.1, -0.05) is 24.6 Å². The average molecular weight is 411 g/mol. The van der Waals surface area contributed by atoms with Crippen LogP contribution in [0.25, 0.3) is 0 Å². The van der Waals surface area contributed by atoms with Crippen molar-refractivity contribution in [2.45, 2.75) is 31.2 Å². The van der Waals surface area contributed by atoms with Gasteiger partial charge in [0.15, 0.2) is 9.84 Å². The lowest BCUT2D eigenvalue weighted by Gasteiger charge is -2.31. The van der Waals surface area contributed by atoms with Crippen molar-refractivity contribution in [1.82, 2.24) is 9.97 Å². The summed E-state index contributed by atoms with van der Waals surface area (Å²) in [5.41, 5.74) is 7.40. The number of nitrogens with two attached hydrogens (primary N) is 1. The molecule has 0 amide bonds. The Hall–Kier alpha value is -1.90. The van der Waals surface area contributed by atoms with E-state index in [4.69, 9.17) is 22.1 Å². The van der Waals surface area contributed by atoms with Gasteiger partial charge in [0.25, 0.3) is 0 Å². The highest BCUT2D eigenvalue weighted by atomic mass is 35.5. The zero-order valence-corrected chi connectivity index (χ0v) is 16.9. The molecule has 3 rings (SSSR count). The fraction of sp³-hybridized carbons (Fsp3) is 0.444. The fourth-order valence-electron chi connectivity index (χ4n) is 3.17. The van der Waals surface area contributed by atoms with E-state index >= 15 is 0 Å². The molecular formula is C18H23ClN4O3S. The van der Waals surface area contributed by atoms with Gasteiger partial charge in [-0.05, 0) is 31.0 Å². The molecule has 1 fully saturated rings. The Labute approximate surface area is 164 Å². The number of benzene rings is 1. The van der Waals surface area contributed by atoms with Crippen molar-refractivity contribution in [1.29, 1.82) is 0 Å². The third-order valence-corrected chi connectivity index (χ3v) is 6.62. The number of nitrogens with zero attached hydrogens (tertiary/aromatic N) is 3. The largest absolute Gasteiger partial charge is 0.379 e. The molecule has 1 saturated heterocycles. The van der Waals surface area contributed by atoms with Gasteiger partial charge in [0.2, 0.25) is 5.95 Å². The van der Waals surface area contributed by atoms with Crippen molar-refractivity contribution in [2.75, 3.05) is 36.1 Å². The molecule has 27 heavy (non-hydrogen) atoms. The first-order valence-electron chi connectivity index (χ1n) is 8.79. The van der Waals surface area contributed by atoms with Crippen LogP contribution in [-0.2, 0) is 14.6 Å². The number of halogens is 1.